The molecule has 110 valence electrons. The van der Waals surface area contributed by atoms with Crippen molar-refractivity contribution in [2.45, 2.75) is 19.4 Å². The zero-order chi connectivity index (χ0) is 15.4. The van der Waals surface area contributed by atoms with Gasteiger partial charge in [-0.2, -0.15) is 0 Å². The fraction of sp³-hybridized carbons (Fsp3) is 0.200. The van der Waals surface area contributed by atoms with Crippen LogP contribution in [0, 0.1) is 10.1 Å². The van der Waals surface area contributed by atoms with E-state index in [1.807, 2.05) is 25.1 Å². The second-order valence-electron chi connectivity index (χ2n) is 4.52. The minimum atomic E-state index is -0.470. The number of nitro benzene ring substituents is 1. The van der Waals surface area contributed by atoms with E-state index in [2.05, 4.69) is 15.9 Å². The molecule has 1 unspecified atom stereocenters. The predicted molar refractivity (Wildman–Crippen MR) is 84.5 cm³/mol. The van der Waals surface area contributed by atoms with E-state index in [9.17, 15) is 10.1 Å². The summed E-state index contributed by atoms with van der Waals surface area (Å²) in [4.78, 5) is 10.6. The van der Waals surface area contributed by atoms with Gasteiger partial charge in [0, 0.05) is 22.1 Å². The highest BCUT2D eigenvalue weighted by atomic mass is 79.9. The van der Waals surface area contributed by atoms with Crippen molar-refractivity contribution < 1.29 is 9.66 Å². The molecule has 1 atom stereocenters. The number of ether oxygens (including phenoxy) is 1. The van der Waals surface area contributed by atoms with Gasteiger partial charge in [0.15, 0.2) is 0 Å². The Hall–Kier alpha value is -1.92. The molecule has 6 heteroatoms. The molecule has 2 N–H and O–H groups in total. The minimum absolute atomic E-state index is 0.0933. The van der Waals surface area contributed by atoms with Crippen LogP contribution in [0.1, 0.15) is 24.9 Å². The number of nitrogens with zero attached hydrogens (tertiary/aromatic N) is 1. The Balaban J connectivity index is 2.41. The van der Waals surface area contributed by atoms with Crippen LogP contribution in [0.15, 0.2) is 46.9 Å². The predicted octanol–water partition coefficient (Wildman–Crippen LogP) is 4.56. The molecule has 0 saturated carbocycles. The van der Waals surface area contributed by atoms with E-state index in [1.54, 1.807) is 18.2 Å². The summed E-state index contributed by atoms with van der Waals surface area (Å²) in [6.07, 6.45) is 0.753. The van der Waals surface area contributed by atoms with Crippen LogP contribution in [-0.4, -0.2) is 4.92 Å². The Morgan fingerprint density at radius 1 is 1.29 bits per heavy atom. The van der Waals surface area contributed by atoms with E-state index in [0.717, 1.165) is 12.0 Å². The topological polar surface area (TPSA) is 78.4 Å². The molecular weight excluding hydrogens is 336 g/mol. The van der Waals surface area contributed by atoms with Crippen LogP contribution < -0.4 is 10.5 Å². The smallest absolute Gasteiger partial charge is 0.312 e. The molecule has 0 aliphatic heterocycles. The first-order chi connectivity index (χ1) is 10.0. The van der Waals surface area contributed by atoms with E-state index >= 15 is 0 Å². The molecule has 21 heavy (non-hydrogen) atoms. The first-order valence-electron chi connectivity index (χ1n) is 6.49. The largest absolute Gasteiger partial charge is 0.450 e. The highest BCUT2D eigenvalue weighted by molar-refractivity contribution is 9.10. The number of hydrogen-bond donors (Lipinski definition) is 1. The summed E-state index contributed by atoms with van der Waals surface area (Å²) >= 11 is 3.22. The molecule has 2 aromatic carbocycles. The van der Waals surface area contributed by atoms with Gasteiger partial charge in [-0.05, 0) is 24.6 Å². The fourth-order valence-corrected chi connectivity index (χ4v) is 2.29. The maximum absolute atomic E-state index is 11.1. The van der Waals surface area contributed by atoms with E-state index in [4.69, 9.17) is 10.5 Å². The third-order valence-electron chi connectivity index (χ3n) is 3.10. The summed E-state index contributed by atoms with van der Waals surface area (Å²) in [5.41, 5.74) is 6.79. The second kappa shape index (κ2) is 6.69. The van der Waals surface area contributed by atoms with Crippen molar-refractivity contribution in [3.05, 3.63) is 62.6 Å². The third kappa shape index (κ3) is 3.59. The fourth-order valence-electron chi connectivity index (χ4n) is 1.94. The highest BCUT2D eigenvalue weighted by Crippen LogP contribution is 2.36. The highest BCUT2D eigenvalue weighted by Gasteiger charge is 2.18. The van der Waals surface area contributed by atoms with E-state index in [-0.39, 0.29) is 17.5 Å². The third-order valence-corrected chi connectivity index (χ3v) is 3.59. The number of para-hydroxylation sites is 1. The number of hydrogen-bond acceptors (Lipinski definition) is 4. The Labute approximate surface area is 131 Å². The van der Waals surface area contributed by atoms with Crippen molar-refractivity contribution >= 4 is 21.6 Å². The van der Waals surface area contributed by atoms with Crippen molar-refractivity contribution in [3.63, 3.8) is 0 Å². The lowest BCUT2D eigenvalue weighted by Crippen LogP contribution is -2.09. The summed E-state index contributed by atoms with van der Waals surface area (Å²) in [6.45, 7) is 1.98. The summed E-state index contributed by atoms with van der Waals surface area (Å²) in [5.74, 6) is 0.733. The van der Waals surface area contributed by atoms with Crippen LogP contribution in [0.2, 0.25) is 0 Å². The van der Waals surface area contributed by atoms with Crippen molar-refractivity contribution in [2.75, 3.05) is 0 Å². The molecular formula is C15H15BrN2O3. The number of nitro groups is 1. The van der Waals surface area contributed by atoms with E-state index in [1.165, 1.54) is 6.07 Å². The Bertz CT molecular complexity index is 661. The first kappa shape index (κ1) is 15.5. The van der Waals surface area contributed by atoms with Gasteiger partial charge < -0.3 is 10.5 Å². The summed E-state index contributed by atoms with van der Waals surface area (Å²) in [7, 11) is 0. The lowest BCUT2D eigenvalue weighted by Gasteiger charge is -2.15. The van der Waals surface area contributed by atoms with Crippen LogP contribution in [0.5, 0.6) is 11.5 Å². The van der Waals surface area contributed by atoms with Crippen LogP contribution >= 0.6 is 15.9 Å². The maximum atomic E-state index is 11.1. The minimum Gasteiger partial charge on any atom is -0.450 e. The zero-order valence-electron chi connectivity index (χ0n) is 11.5. The lowest BCUT2D eigenvalue weighted by atomic mass is 10.0. The molecule has 0 aliphatic rings. The van der Waals surface area contributed by atoms with Gasteiger partial charge in [0.05, 0.1) is 4.92 Å². The van der Waals surface area contributed by atoms with Gasteiger partial charge in [-0.3, -0.25) is 10.1 Å². The quantitative estimate of drug-likeness (QED) is 0.633. The van der Waals surface area contributed by atoms with E-state index < -0.39 is 4.92 Å². The molecule has 2 rings (SSSR count). The van der Waals surface area contributed by atoms with E-state index in [0.29, 0.717) is 10.2 Å². The molecule has 0 heterocycles. The first-order valence-corrected chi connectivity index (χ1v) is 7.28. The molecule has 0 fully saturated rings. The zero-order valence-corrected chi connectivity index (χ0v) is 13.0. The van der Waals surface area contributed by atoms with Crippen molar-refractivity contribution in [2.24, 2.45) is 5.73 Å². The lowest BCUT2D eigenvalue weighted by molar-refractivity contribution is -0.385. The van der Waals surface area contributed by atoms with Gasteiger partial charge >= 0.3 is 5.69 Å². The van der Waals surface area contributed by atoms with Gasteiger partial charge in [-0.1, -0.05) is 41.1 Å². The van der Waals surface area contributed by atoms with Crippen LogP contribution in [-0.2, 0) is 0 Å². The average molecular weight is 351 g/mol. The van der Waals surface area contributed by atoms with Crippen LogP contribution in [0.25, 0.3) is 0 Å². The maximum Gasteiger partial charge on any atom is 0.312 e. The average Bonchev–Trinajstić information content (AvgIpc) is 2.48. The van der Waals surface area contributed by atoms with Gasteiger partial charge in [-0.15, -0.1) is 0 Å². The molecule has 0 amide bonds. The summed E-state index contributed by atoms with van der Waals surface area (Å²) in [5, 5.41) is 11.1. The van der Waals surface area contributed by atoms with Gasteiger partial charge in [0.1, 0.15) is 5.75 Å². The SMILES string of the molecule is CCC(N)c1ccccc1Oc1ccc(Br)cc1[N+](=O)[O-]. The summed E-state index contributed by atoms with van der Waals surface area (Å²) < 4.78 is 6.36. The molecule has 2 aromatic rings. The Morgan fingerprint density at radius 2 is 2.00 bits per heavy atom. The number of nitrogens with two attached hydrogens (primary N) is 1. The molecule has 0 aromatic heterocycles. The van der Waals surface area contributed by atoms with Crippen molar-refractivity contribution in [1.29, 1.82) is 0 Å². The normalized spacial score (nSPS) is 12.0. The second-order valence-corrected chi connectivity index (χ2v) is 5.44. The monoisotopic (exact) mass is 350 g/mol. The summed E-state index contributed by atoms with van der Waals surface area (Å²) in [6, 6.07) is 11.8. The van der Waals surface area contributed by atoms with Gasteiger partial charge in [-0.25, -0.2) is 0 Å². The molecule has 0 aliphatic carbocycles. The molecule has 0 saturated heterocycles. The molecule has 5 nitrogen and oxygen atoms in total. The van der Waals surface area contributed by atoms with Crippen LogP contribution in [0.4, 0.5) is 5.69 Å². The molecule has 0 radical (unpaired) electrons. The molecule has 0 spiro atoms. The van der Waals surface area contributed by atoms with Gasteiger partial charge in [0.2, 0.25) is 5.75 Å². The molecule has 0 bridgehead atoms. The van der Waals surface area contributed by atoms with Crippen LogP contribution in [0.3, 0.4) is 0 Å². The number of rotatable bonds is 5. The Morgan fingerprint density at radius 3 is 2.67 bits per heavy atom. The van der Waals surface area contributed by atoms with Gasteiger partial charge in [0.25, 0.3) is 0 Å². The number of benzene rings is 2. The van der Waals surface area contributed by atoms with Crippen molar-refractivity contribution in [3.8, 4) is 11.5 Å². The Kier molecular flexibility index (Phi) is 4.93. The number of halogens is 1. The standard InChI is InChI=1S/C15H15BrN2O3/c1-2-12(17)11-5-3-4-6-14(11)21-15-8-7-10(16)9-13(15)18(19)20/h3-9,12H,2,17H2,1H3. The van der Waals surface area contributed by atoms with Crippen molar-refractivity contribution in [1.82, 2.24) is 0 Å².